The summed E-state index contributed by atoms with van der Waals surface area (Å²) >= 11 is 3.32. The lowest BCUT2D eigenvalue weighted by molar-refractivity contribution is -0.120. The lowest BCUT2D eigenvalue weighted by atomic mass is 10.1. The second kappa shape index (κ2) is 11.0. The summed E-state index contributed by atoms with van der Waals surface area (Å²) < 4.78 is 57.3. The predicted molar refractivity (Wildman–Crippen MR) is 143 cm³/mol. The molecule has 8 nitrogen and oxygen atoms in total. The molecule has 0 saturated heterocycles. The highest BCUT2D eigenvalue weighted by Gasteiger charge is 2.28. The Morgan fingerprint density at radius 1 is 0.972 bits per heavy atom. The van der Waals surface area contributed by atoms with Crippen LogP contribution in [-0.2, 0) is 24.7 Å². The number of hydrogen-bond acceptors (Lipinski definition) is 6. The van der Waals surface area contributed by atoms with Gasteiger partial charge in [-0.15, -0.1) is 0 Å². The fourth-order valence-electron chi connectivity index (χ4n) is 3.47. The Morgan fingerprint density at radius 3 is 2.08 bits per heavy atom. The molecule has 0 aliphatic rings. The average molecular weight is 596 g/mol. The van der Waals surface area contributed by atoms with Crippen LogP contribution in [0, 0.1) is 6.92 Å². The van der Waals surface area contributed by atoms with Crippen LogP contribution in [0.15, 0.2) is 81.0 Å². The zero-order valence-corrected chi connectivity index (χ0v) is 23.4. The molecule has 1 atom stereocenters. The average Bonchev–Trinajstić information content (AvgIpc) is 2.82. The number of aryl methyl sites for hydroxylation is 1. The molecular weight excluding hydrogens is 568 g/mol. The van der Waals surface area contributed by atoms with E-state index in [0.29, 0.717) is 21.5 Å². The van der Waals surface area contributed by atoms with Gasteiger partial charge in [0.15, 0.2) is 9.84 Å². The van der Waals surface area contributed by atoms with Crippen LogP contribution in [0.1, 0.15) is 24.1 Å². The van der Waals surface area contributed by atoms with Crippen molar-refractivity contribution in [3.8, 4) is 5.75 Å². The van der Waals surface area contributed by atoms with Crippen molar-refractivity contribution in [2.45, 2.75) is 29.7 Å². The number of ether oxygens (including phenoxy) is 1. The Labute approximate surface area is 220 Å². The van der Waals surface area contributed by atoms with Gasteiger partial charge in [-0.25, -0.2) is 16.8 Å². The molecule has 0 aliphatic heterocycles. The van der Waals surface area contributed by atoms with Crippen LogP contribution in [0.4, 0.5) is 5.69 Å². The van der Waals surface area contributed by atoms with Crippen molar-refractivity contribution >= 4 is 47.4 Å². The fourth-order valence-corrected chi connectivity index (χ4v) is 6.24. The molecule has 3 aromatic carbocycles. The monoisotopic (exact) mass is 594 g/mol. The summed E-state index contributed by atoms with van der Waals surface area (Å²) in [7, 11) is -5.97. The topological polar surface area (TPSA) is 110 Å². The number of hydrogen-bond donors (Lipinski definition) is 1. The van der Waals surface area contributed by atoms with Crippen LogP contribution < -0.4 is 14.4 Å². The molecule has 36 heavy (non-hydrogen) atoms. The maximum atomic E-state index is 13.6. The van der Waals surface area contributed by atoms with E-state index in [1.165, 1.54) is 37.4 Å². The van der Waals surface area contributed by atoms with Gasteiger partial charge in [0.1, 0.15) is 12.3 Å². The number of carbonyl (C=O) groups excluding carboxylic acids is 1. The number of nitrogens with one attached hydrogen (secondary N) is 1. The lowest BCUT2D eigenvalue weighted by Crippen LogP contribution is -2.41. The molecule has 3 rings (SSSR count). The van der Waals surface area contributed by atoms with E-state index in [-0.39, 0.29) is 9.79 Å². The second-order valence-corrected chi connectivity index (χ2v) is 13.0. The molecule has 0 radical (unpaired) electrons. The Hall–Kier alpha value is -2.89. The number of methoxy groups -OCH3 is 1. The van der Waals surface area contributed by atoms with Crippen molar-refractivity contribution in [2.75, 3.05) is 24.2 Å². The summed E-state index contributed by atoms with van der Waals surface area (Å²) in [5.74, 6) is -0.0456. The molecule has 1 amide bonds. The molecule has 0 unspecified atom stereocenters. The molecule has 0 bridgehead atoms. The highest BCUT2D eigenvalue weighted by Crippen LogP contribution is 2.31. The van der Waals surface area contributed by atoms with E-state index in [1.807, 2.05) is 6.92 Å². The second-order valence-electron chi connectivity index (χ2n) is 8.27. The highest BCUT2D eigenvalue weighted by molar-refractivity contribution is 9.10. The first-order chi connectivity index (χ1) is 16.8. The first-order valence-corrected chi connectivity index (χ1v) is 15.0. The van der Waals surface area contributed by atoms with Crippen molar-refractivity contribution in [1.82, 2.24) is 5.32 Å². The Balaban J connectivity index is 1.88. The fraction of sp³-hybridized carbons (Fsp3) is 0.240. The first-order valence-electron chi connectivity index (χ1n) is 10.9. The van der Waals surface area contributed by atoms with Gasteiger partial charge in [-0.05, 0) is 77.8 Å². The minimum Gasteiger partial charge on any atom is -0.496 e. The summed E-state index contributed by atoms with van der Waals surface area (Å²) in [5, 5.41) is 2.80. The molecule has 0 saturated carbocycles. The van der Waals surface area contributed by atoms with Gasteiger partial charge >= 0.3 is 0 Å². The Morgan fingerprint density at radius 2 is 1.56 bits per heavy atom. The van der Waals surface area contributed by atoms with Gasteiger partial charge in [-0.1, -0.05) is 29.8 Å². The number of carbonyl (C=O) groups is 1. The largest absolute Gasteiger partial charge is 0.496 e. The van der Waals surface area contributed by atoms with E-state index in [0.717, 1.165) is 16.1 Å². The third-order valence-corrected chi connectivity index (χ3v) is 9.02. The lowest BCUT2D eigenvalue weighted by Gasteiger charge is -2.25. The maximum absolute atomic E-state index is 13.6. The van der Waals surface area contributed by atoms with Gasteiger partial charge < -0.3 is 10.1 Å². The summed E-state index contributed by atoms with van der Waals surface area (Å²) in [6.45, 7) is 3.16. The quantitative estimate of drug-likeness (QED) is 0.397. The zero-order valence-electron chi connectivity index (χ0n) is 20.2. The number of rotatable bonds is 9. The molecule has 11 heteroatoms. The van der Waals surface area contributed by atoms with Gasteiger partial charge in [0.05, 0.1) is 33.1 Å². The number of anilines is 1. The van der Waals surface area contributed by atoms with Crippen molar-refractivity contribution in [3.63, 3.8) is 0 Å². The van der Waals surface area contributed by atoms with Crippen LogP contribution in [-0.4, -0.2) is 42.7 Å². The maximum Gasteiger partial charge on any atom is 0.264 e. The van der Waals surface area contributed by atoms with Crippen LogP contribution in [0.5, 0.6) is 5.75 Å². The summed E-state index contributed by atoms with van der Waals surface area (Å²) in [6, 6.07) is 16.9. The SMILES string of the molecule is COc1ccc(S(=O)(=O)N(CC(=O)N[C@@H](C)c2ccc(S(C)(=O)=O)cc2)c2ccc(C)cc2)cc1Br. The molecule has 0 aromatic heterocycles. The van der Waals surface area contributed by atoms with E-state index < -0.39 is 38.4 Å². The summed E-state index contributed by atoms with van der Waals surface area (Å²) in [6.07, 6.45) is 1.12. The van der Waals surface area contributed by atoms with Gasteiger partial charge in [-0.3, -0.25) is 9.10 Å². The van der Waals surface area contributed by atoms with Crippen LogP contribution in [0.2, 0.25) is 0 Å². The molecule has 1 N–H and O–H groups in total. The van der Waals surface area contributed by atoms with Crippen molar-refractivity contribution in [1.29, 1.82) is 0 Å². The van der Waals surface area contributed by atoms with E-state index >= 15 is 0 Å². The van der Waals surface area contributed by atoms with Crippen molar-refractivity contribution < 1.29 is 26.4 Å². The third kappa shape index (κ3) is 6.45. The van der Waals surface area contributed by atoms with Gasteiger partial charge in [0.25, 0.3) is 10.0 Å². The van der Waals surface area contributed by atoms with E-state index in [2.05, 4.69) is 21.2 Å². The molecule has 0 fully saturated rings. The highest BCUT2D eigenvalue weighted by atomic mass is 79.9. The number of amides is 1. The molecule has 192 valence electrons. The normalized spacial score (nSPS) is 12.6. The molecular formula is C25H27BrN2O6S2. The Bertz CT molecular complexity index is 1460. The number of sulfonamides is 1. The number of sulfone groups is 1. The molecule has 3 aromatic rings. The number of nitrogens with zero attached hydrogens (tertiary/aromatic N) is 1. The molecule has 0 aliphatic carbocycles. The van der Waals surface area contributed by atoms with Gasteiger partial charge in [0.2, 0.25) is 5.91 Å². The summed E-state index contributed by atoms with van der Waals surface area (Å²) in [5.41, 5.74) is 1.96. The number of benzene rings is 3. The molecule has 0 spiro atoms. The summed E-state index contributed by atoms with van der Waals surface area (Å²) in [4.78, 5) is 13.2. The van der Waals surface area contributed by atoms with E-state index in [4.69, 9.17) is 4.74 Å². The zero-order chi connectivity index (χ0) is 26.7. The van der Waals surface area contributed by atoms with Crippen LogP contribution in [0.3, 0.4) is 0 Å². The van der Waals surface area contributed by atoms with E-state index in [9.17, 15) is 21.6 Å². The minimum atomic E-state index is -4.11. The van der Waals surface area contributed by atoms with Crippen LogP contribution >= 0.6 is 15.9 Å². The van der Waals surface area contributed by atoms with Crippen molar-refractivity contribution in [3.05, 3.63) is 82.3 Å². The van der Waals surface area contributed by atoms with Crippen molar-refractivity contribution in [2.24, 2.45) is 0 Å². The standard InChI is InChI=1S/C25H27BrN2O6S2/c1-17-5-9-20(10-6-17)28(36(32,33)22-13-14-24(34-3)23(26)15-22)16-25(29)27-18(2)19-7-11-21(12-8-19)35(4,30)31/h5-15,18H,16H2,1-4H3,(H,27,29)/t18-/m0/s1. The Kier molecular flexibility index (Phi) is 8.48. The smallest absolute Gasteiger partial charge is 0.264 e. The minimum absolute atomic E-state index is 0.00652. The number of halogens is 1. The first kappa shape index (κ1) is 27.7. The predicted octanol–water partition coefficient (Wildman–Crippen LogP) is 4.24. The van der Waals surface area contributed by atoms with Gasteiger partial charge in [-0.2, -0.15) is 0 Å². The third-order valence-electron chi connectivity index (χ3n) is 5.51. The van der Waals surface area contributed by atoms with Crippen LogP contribution in [0.25, 0.3) is 0 Å². The molecule has 0 heterocycles. The van der Waals surface area contributed by atoms with E-state index in [1.54, 1.807) is 43.3 Å². The van der Waals surface area contributed by atoms with Gasteiger partial charge in [0, 0.05) is 6.26 Å².